The van der Waals surface area contributed by atoms with Crippen molar-refractivity contribution >= 4 is 49.9 Å². The van der Waals surface area contributed by atoms with E-state index in [1.165, 1.54) is 25.6 Å². The van der Waals surface area contributed by atoms with Crippen molar-refractivity contribution in [2.45, 2.75) is 13.8 Å². The Balaban J connectivity index is 1.73. The molecule has 0 aliphatic carbocycles. The van der Waals surface area contributed by atoms with E-state index in [1.54, 1.807) is 18.2 Å². The number of nitrogens with zero attached hydrogens (tertiary/aromatic N) is 1. The van der Waals surface area contributed by atoms with E-state index in [-0.39, 0.29) is 11.0 Å². The van der Waals surface area contributed by atoms with Crippen molar-refractivity contribution in [1.29, 1.82) is 0 Å². The Hall–Kier alpha value is -2.71. The van der Waals surface area contributed by atoms with Gasteiger partial charge in [-0.25, -0.2) is 4.98 Å². The van der Waals surface area contributed by atoms with E-state index in [0.717, 1.165) is 21.3 Å². The largest absolute Gasteiger partial charge is 0.493 e. The van der Waals surface area contributed by atoms with Crippen molar-refractivity contribution in [3.05, 3.63) is 47.0 Å². The number of carbonyl (C=O) groups is 1. The highest BCUT2D eigenvalue weighted by molar-refractivity contribution is 7.80. The highest BCUT2D eigenvalue weighted by Gasteiger charge is 2.14. The van der Waals surface area contributed by atoms with E-state index in [9.17, 15) is 4.79 Å². The third-order valence-electron chi connectivity index (χ3n) is 4.04. The van der Waals surface area contributed by atoms with Crippen molar-refractivity contribution in [1.82, 2.24) is 10.3 Å². The highest BCUT2D eigenvalue weighted by atomic mass is 32.1. The summed E-state index contributed by atoms with van der Waals surface area (Å²) in [4.78, 5) is 17.0. The fourth-order valence-electron chi connectivity index (χ4n) is 2.59. The Morgan fingerprint density at radius 3 is 2.44 bits per heavy atom. The fourth-order valence-corrected chi connectivity index (χ4v) is 3.86. The molecule has 2 N–H and O–H groups in total. The highest BCUT2D eigenvalue weighted by Crippen LogP contribution is 2.31. The number of benzene rings is 2. The molecule has 140 valence electrons. The monoisotopic (exact) mass is 401 g/mol. The molecule has 0 saturated heterocycles. The van der Waals surface area contributed by atoms with Gasteiger partial charge in [0, 0.05) is 5.56 Å². The number of anilines is 1. The predicted octanol–water partition coefficient (Wildman–Crippen LogP) is 4.06. The summed E-state index contributed by atoms with van der Waals surface area (Å²) in [6.45, 7) is 4.06. The van der Waals surface area contributed by atoms with Crippen LogP contribution in [0.2, 0.25) is 0 Å². The molecule has 1 heterocycles. The molecule has 0 aliphatic rings. The zero-order valence-electron chi connectivity index (χ0n) is 15.4. The summed E-state index contributed by atoms with van der Waals surface area (Å²) in [5, 5.41) is 6.47. The molecule has 0 unspecified atom stereocenters. The van der Waals surface area contributed by atoms with Crippen molar-refractivity contribution < 1.29 is 14.3 Å². The molecule has 6 nitrogen and oxygen atoms in total. The van der Waals surface area contributed by atoms with Crippen molar-refractivity contribution in [2.24, 2.45) is 0 Å². The molecule has 0 bridgehead atoms. The number of hydrogen-bond acceptors (Lipinski definition) is 6. The number of carbonyl (C=O) groups excluding carboxylic acids is 1. The van der Waals surface area contributed by atoms with Crippen LogP contribution in [0, 0.1) is 13.8 Å². The molecule has 8 heteroatoms. The Kier molecular flexibility index (Phi) is 5.57. The smallest absolute Gasteiger partial charge is 0.257 e. The number of rotatable bonds is 4. The van der Waals surface area contributed by atoms with Crippen LogP contribution >= 0.6 is 23.6 Å². The Morgan fingerprint density at radius 1 is 1.07 bits per heavy atom. The number of fused-ring (bicyclic) bond motifs is 1. The third kappa shape index (κ3) is 4.01. The average molecular weight is 402 g/mol. The Bertz CT molecular complexity index is 991. The topological polar surface area (TPSA) is 72.5 Å². The molecule has 0 atom stereocenters. The molecule has 0 aliphatic heterocycles. The minimum absolute atomic E-state index is 0.184. The summed E-state index contributed by atoms with van der Waals surface area (Å²) in [6.07, 6.45) is 0. The normalized spacial score (nSPS) is 10.5. The second-order valence-corrected chi connectivity index (χ2v) is 7.28. The molecule has 27 heavy (non-hydrogen) atoms. The van der Waals surface area contributed by atoms with Crippen LogP contribution in [0.15, 0.2) is 30.3 Å². The van der Waals surface area contributed by atoms with E-state index < -0.39 is 0 Å². The molecule has 3 aromatic rings. The summed E-state index contributed by atoms with van der Waals surface area (Å²) in [5.41, 5.74) is 3.60. The number of aryl methyl sites for hydroxylation is 2. The van der Waals surface area contributed by atoms with Crippen molar-refractivity contribution in [3.8, 4) is 11.5 Å². The molecule has 3 rings (SSSR count). The predicted molar refractivity (Wildman–Crippen MR) is 112 cm³/mol. The maximum Gasteiger partial charge on any atom is 0.257 e. The number of amides is 1. The van der Waals surface area contributed by atoms with Crippen molar-refractivity contribution in [3.63, 3.8) is 0 Å². The average Bonchev–Trinajstić information content (AvgIpc) is 3.08. The van der Waals surface area contributed by atoms with Crippen LogP contribution in [0.1, 0.15) is 21.5 Å². The van der Waals surface area contributed by atoms with E-state index in [1.807, 2.05) is 19.9 Å². The van der Waals surface area contributed by atoms with Gasteiger partial charge >= 0.3 is 0 Å². The second-order valence-electron chi connectivity index (χ2n) is 5.87. The van der Waals surface area contributed by atoms with Gasteiger partial charge in [-0.3, -0.25) is 10.1 Å². The first-order valence-electron chi connectivity index (χ1n) is 8.14. The zero-order valence-corrected chi connectivity index (χ0v) is 17.0. The standard InChI is InChI=1S/C19H19N3O3S2/c1-10-5-6-11(2)16-15(10)20-19(27-16)22-18(26)21-17(23)12-7-8-13(24-3)14(9-12)25-4/h5-9H,1-4H3,(H2,20,21,22,23,26). The molecular weight excluding hydrogens is 382 g/mol. The lowest BCUT2D eigenvalue weighted by atomic mass is 10.1. The van der Waals surface area contributed by atoms with Gasteiger partial charge in [0.2, 0.25) is 0 Å². The van der Waals surface area contributed by atoms with Gasteiger partial charge in [0.1, 0.15) is 0 Å². The van der Waals surface area contributed by atoms with Crippen LogP contribution in [-0.4, -0.2) is 30.2 Å². The quantitative estimate of drug-likeness (QED) is 0.643. The molecule has 1 aromatic heterocycles. The lowest BCUT2D eigenvalue weighted by Crippen LogP contribution is -2.34. The third-order valence-corrected chi connectivity index (χ3v) is 5.35. The minimum Gasteiger partial charge on any atom is -0.493 e. The molecule has 1 amide bonds. The molecule has 0 radical (unpaired) electrons. The maximum atomic E-state index is 12.4. The van der Waals surface area contributed by atoms with Gasteiger partial charge in [-0.2, -0.15) is 0 Å². The van der Waals surface area contributed by atoms with Crippen LogP contribution in [0.3, 0.4) is 0 Å². The van der Waals surface area contributed by atoms with Gasteiger partial charge in [-0.1, -0.05) is 23.5 Å². The minimum atomic E-state index is -0.345. The zero-order chi connectivity index (χ0) is 19.6. The van der Waals surface area contributed by atoms with Crippen LogP contribution in [0.5, 0.6) is 11.5 Å². The van der Waals surface area contributed by atoms with Crippen LogP contribution in [0.25, 0.3) is 10.2 Å². The number of thiocarbonyl (C=S) groups is 1. The lowest BCUT2D eigenvalue weighted by Gasteiger charge is -2.10. The van der Waals surface area contributed by atoms with E-state index in [0.29, 0.717) is 22.2 Å². The molecule has 0 spiro atoms. The second kappa shape index (κ2) is 7.89. The van der Waals surface area contributed by atoms with Gasteiger partial charge in [0.25, 0.3) is 5.91 Å². The van der Waals surface area contributed by atoms with E-state index >= 15 is 0 Å². The maximum absolute atomic E-state index is 12.4. The first-order chi connectivity index (χ1) is 12.9. The SMILES string of the molecule is COc1ccc(C(=O)NC(=S)Nc2nc3c(C)ccc(C)c3s2)cc1OC. The summed E-state index contributed by atoms with van der Waals surface area (Å²) in [6, 6.07) is 9.02. The lowest BCUT2D eigenvalue weighted by molar-refractivity contribution is 0.0977. The summed E-state index contributed by atoms with van der Waals surface area (Å²) in [7, 11) is 3.06. The van der Waals surface area contributed by atoms with Crippen LogP contribution in [-0.2, 0) is 0 Å². The molecule has 2 aromatic carbocycles. The first kappa shape index (κ1) is 19.1. The summed E-state index contributed by atoms with van der Waals surface area (Å²) < 4.78 is 11.5. The van der Waals surface area contributed by atoms with Crippen LogP contribution in [0.4, 0.5) is 5.13 Å². The number of aromatic nitrogens is 1. The van der Waals surface area contributed by atoms with E-state index in [2.05, 4.69) is 21.7 Å². The molecular formula is C19H19N3O3S2. The van der Waals surface area contributed by atoms with Gasteiger partial charge in [-0.15, -0.1) is 0 Å². The molecule has 0 fully saturated rings. The number of methoxy groups -OCH3 is 2. The summed E-state index contributed by atoms with van der Waals surface area (Å²) >= 11 is 6.76. The van der Waals surface area contributed by atoms with Crippen molar-refractivity contribution in [2.75, 3.05) is 19.5 Å². The van der Waals surface area contributed by atoms with Gasteiger partial charge < -0.3 is 14.8 Å². The van der Waals surface area contributed by atoms with Gasteiger partial charge in [0.05, 0.1) is 24.4 Å². The summed E-state index contributed by atoms with van der Waals surface area (Å²) in [5.74, 6) is 0.679. The Morgan fingerprint density at radius 2 is 1.78 bits per heavy atom. The first-order valence-corrected chi connectivity index (χ1v) is 9.36. The van der Waals surface area contributed by atoms with E-state index in [4.69, 9.17) is 21.7 Å². The molecule has 0 saturated carbocycles. The number of hydrogen-bond donors (Lipinski definition) is 2. The van der Waals surface area contributed by atoms with Gasteiger partial charge in [-0.05, 0) is 55.4 Å². The van der Waals surface area contributed by atoms with Crippen LogP contribution < -0.4 is 20.1 Å². The van der Waals surface area contributed by atoms with Gasteiger partial charge in [0.15, 0.2) is 21.7 Å². The number of ether oxygens (including phenoxy) is 2. The number of thiazole rings is 1. The fraction of sp³-hybridized carbons (Fsp3) is 0.211. The Labute approximate surface area is 166 Å². The number of nitrogens with one attached hydrogen (secondary N) is 2.